The average molecular weight is 377 g/mol. The van der Waals surface area contributed by atoms with Crippen molar-refractivity contribution in [2.24, 2.45) is 0 Å². The molecule has 0 spiro atoms. The molecule has 6 nitrogen and oxygen atoms in total. The second kappa shape index (κ2) is 7.53. The van der Waals surface area contributed by atoms with Crippen LogP contribution in [0, 0.1) is 6.92 Å². The van der Waals surface area contributed by atoms with Gasteiger partial charge in [0.1, 0.15) is 17.3 Å². The van der Waals surface area contributed by atoms with Crippen molar-refractivity contribution in [3.05, 3.63) is 53.5 Å². The van der Waals surface area contributed by atoms with Gasteiger partial charge in [0.15, 0.2) is 9.84 Å². The van der Waals surface area contributed by atoms with E-state index in [0.29, 0.717) is 30.1 Å². The summed E-state index contributed by atoms with van der Waals surface area (Å²) in [7, 11) is -3.10. The Bertz CT molecular complexity index is 870. The van der Waals surface area contributed by atoms with Crippen LogP contribution in [0.15, 0.2) is 40.8 Å². The highest BCUT2D eigenvalue weighted by Crippen LogP contribution is 2.24. The van der Waals surface area contributed by atoms with E-state index in [1.165, 1.54) is 0 Å². The van der Waals surface area contributed by atoms with E-state index in [1.54, 1.807) is 29.2 Å². The van der Waals surface area contributed by atoms with E-state index in [1.807, 2.05) is 26.0 Å². The van der Waals surface area contributed by atoms with Crippen molar-refractivity contribution in [3.8, 4) is 5.75 Å². The number of ether oxygens (including phenoxy) is 1. The molecule has 1 aromatic carbocycles. The van der Waals surface area contributed by atoms with Gasteiger partial charge in [-0.3, -0.25) is 4.79 Å². The van der Waals surface area contributed by atoms with Crippen LogP contribution in [-0.2, 0) is 16.4 Å². The number of carbonyl (C=O) groups is 1. The van der Waals surface area contributed by atoms with Crippen LogP contribution in [-0.4, -0.2) is 43.4 Å². The zero-order valence-corrected chi connectivity index (χ0v) is 15.8. The zero-order chi connectivity index (χ0) is 18.7. The van der Waals surface area contributed by atoms with Gasteiger partial charge in [0, 0.05) is 11.6 Å². The van der Waals surface area contributed by atoms with E-state index in [9.17, 15) is 13.2 Å². The number of nitrogens with zero attached hydrogens (tertiary/aromatic N) is 1. The van der Waals surface area contributed by atoms with Crippen LogP contribution in [0.25, 0.3) is 0 Å². The van der Waals surface area contributed by atoms with Gasteiger partial charge in [-0.25, -0.2) is 8.42 Å². The highest BCUT2D eigenvalue weighted by atomic mass is 32.2. The molecule has 0 radical (unpaired) electrons. The highest BCUT2D eigenvalue weighted by molar-refractivity contribution is 7.91. The van der Waals surface area contributed by atoms with E-state index in [0.717, 1.165) is 5.76 Å². The Morgan fingerprint density at radius 2 is 1.96 bits per heavy atom. The lowest BCUT2D eigenvalue weighted by Crippen LogP contribution is -2.40. The van der Waals surface area contributed by atoms with Gasteiger partial charge in [0.25, 0.3) is 5.91 Å². The van der Waals surface area contributed by atoms with Crippen LogP contribution in [0.3, 0.4) is 0 Å². The van der Waals surface area contributed by atoms with Crippen molar-refractivity contribution in [1.29, 1.82) is 0 Å². The molecule has 7 heteroatoms. The summed E-state index contributed by atoms with van der Waals surface area (Å²) < 4.78 is 34.8. The number of hydrogen-bond donors (Lipinski definition) is 0. The summed E-state index contributed by atoms with van der Waals surface area (Å²) in [4.78, 5) is 14.7. The molecule has 1 saturated heterocycles. The normalized spacial score (nSPS) is 18.6. The van der Waals surface area contributed by atoms with Crippen molar-refractivity contribution in [2.75, 3.05) is 18.1 Å². The molecule has 1 aromatic heterocycles. The molecule has 3 rings (SSSR count). The molecule has 1 atom stereocenters. The quantitative estimate of drug-likeness (QED) is 0.774. The predicted molar refractivity (Wildman–Crippen MR) is 98.0 cm³/mol. The second-order valence-electron chi connectivity index (χ2n) is 6.46. The van der Waals surface area contributed by atoms with Crippen LogP contribution < -0.4 is 4.74 Å². The summed E-state index contributed by atoms with van der Waals surface area (Å²) in [5.41, 5.74) is 0.501. The molecule has 1 amide bonds. The fourth-order valence-electron chi connectivity index (χ4n) is 3.15. The Kier molecular flexibility index (Phi) is 5.36. The lowest BCUT2D eigenvalue weighted by Gasteiger charge is -2.27. The van der Waals surface area contributed by atoms with Crippen molar-refractivity contribution in [2.45, 2.75) is 32.9 Å². The number of carbonyl (C=O) groups excluding carboxylic acids is 1. The minimum Gasteiger partial charge on any atom is -0.494 e. The molecule has 0 unspecified atom stereocenters. The summed E-state index contributed by atoms with van der Waals surface area (Å²) in [5.74, 6) is 2.00. The fourth-order valence-corrected chi connectivity index (χ4v) is 4.88. The third-order valence-corrected chi connectivity index (χ3v) is 6.19. The van der Waals surface area contributed by atoms with Gasteiger partial charge >= 0.3 is 0 Å². The maximum Gasteiger partial charge on any atom is 0.254 e. The number of rotatable bonds is 6. The molecular formula is C19H23NO5S. The third kappa shape index (κ3) is 4.27. The molecule has 1 aliphatic heterocycles. The number of sulfone groups is 1. The standard InChI is InChI=1S/C19H23NO5S/c1-3-24-17-8-5-15(6-9-17)19(21)20(12-18-7-4-14(2)25-18)16-10-11-26(22,23)13-16/h4-9,16H,3,10-13H2,1-2H3/t16-/m1/s1. The Morgan fingerprint density at radius 1 is 1.23 bits per heavy atom. The van der Waals surface area contributed by atoms with Gasteiger partial charge in [-0.15, -0.1) is 0 Å². The lowest BCUT2D eigenvalue weighted by atomic mass is 10.1. The molecule has 2 heterocycles. The highest BCUT2D eigenvalue weighted by Gasteiger charge is 2.35. The van der Waals surface area contributed by atoms with Gasteiger partial charge < -0.3 is 14.1 Å². The van der Waals surface area contributed by atoms with E-state index in [-0.39, 0.29) is 30.0 Å². The zero-order valence-electron chi connectivity index (χ0n) is 15.0. The smallest absolute Gasteiger partial charge is 0.254 e. The third-order valence-electron chi connectivity index (χ3n) is 4.44. The van der Waals surface area contributed by atoms with Crippen LogP contribution >= 0.6 is 0 Å². The van der Waals surface area contributed by atoms with Gasteiger partial charge in [0.2, 0.25) is 0 Å². The molecule has 1 aliphatic rings. The molecule has 140 valence electrons. The lowest BCUT2D eigenvalue weighted by molar-refractivity contribution is 0.0665. The van der Waals surface area contributed by atoms with Gasteiger partial charge in [-0.1, -0.05) is 0 Å². The van der Waals surface area contributed by atoms with Gasteiger partial charge in [0.05, 0.1) is 24.7 Å². The van der Waals surface area contributed by atoms with Crippen molar-refractivity contribution < 1.29 is 22.4 Å². The first kappa shape index (κ1) is 18.5. The minimum absolute atomic E-state index is 0.00450. The molecule has 0 saturated carbocycles. The van der Waals surface area contributed by atoms with Gasteiger partial charge in [-0.2, -0.15) is 0 Å². The van der Waals surface area contributed by atoms with Crippen molar-refractivity contribution in [3.63, 3.8) is 0 Å². The van der Waals surface area contributed by atoms with Crippen LogP contribution in [0.1, 0.15) is 35.2 Å². The maximum absolute atomic E-state index is 13.1. The van der Waals surface area contributed by atoms with Crippen molar-refractivity contribution in [1.82, 2.24) is 4.90 Å². The summed E-state index contributed by atoms with van der Waals surface area (Å²) in [6.07, 6.45) is 0.449. The molecule has 0 bridgehead atoms. The van der Waals surface area contributed by atoms with E-state index in [2.05, 4.69) is 0 Å². The van der Waals surface area contributed by atoms with Crippen molar-refractivity contribution >= 4 is 15.7 Å². The van der Waals surface area contributed by atoms with Crippen LogP contribution in [0.4, 0.5) is 0 Å². The first-order valence-electron chi connectivity index (χ1n) is 8.67. The number of amides is 1. The van der Waals surface area contributed by atoms with Crippen LogP contribution in [0.5, 0.6) is 5.75 Å². The summed E-state index contributed by atoms with van der Waals surface area (Å²) >= 11 is 0. The number of benzene rings is 1. The Morgan fingerprint density at radius 3 is 2.50 bits per heavy atom. The minimum atomic E-state index is -3.10. The van der Waals surface area contributed by atoms with E-state index in [4.69, 9.17) is 9.15 Å². The van der Waals surface area contributed by atoms with E-state index >= 15 is 0 Å². The molecule has 0 aliphatic carbocycles. The number of hydrogen-bond acceptors (Lipinski definition) is 5. The monoisotopic (exact) mass is 377 g/mol. The summed E-state index contributed by atoms with van der Waals surface area (Å²) in [6, 6.07) is 10.2. The van der Waals surface area contributed by atoms with Gasteiger partial charge in [-0.05, 0) is 56.7 Å². The molecule has 0 N–H and O–H groups in total. The Balaban J connectivity index is 1.85. The first-order valence-corrected chi connectivity index (χ1v) is 10.5. The fraction of sp³-hybridized carbons (Fsp3) is 0.421. The topological polar surface area (TPSA) is 76.8 Å². The molecule has 1 fully saturated rings. The summed E-state index contributed by atoms with van der Waals surface area (Å²) in [5, 5.41) is 0. The largest absolute Gasteiger partial charge is 0.494 e. The Hall–Kier alpha value is -2.28. The molecular weight excluding hydrogens is 354 g/mol. The summed E-state index contributed by atoms with van der Waals surface area (Å²) in [6.45, 7) is 4.53. The average Bonchev–Trinajstić information content (AvgIpc) is 3.18. The first-order chi connectivity index (χ1) is 12.4. The molecule has 2 aromatic rings. The SMILES string of the molecule is CCOc1ccc(C(=O)N(Cc2ccc(C)o2)[C@@H]2CCS(=O)(=O)C2)cc1. The predicted octanol–water partition coefficient (Wildman–Crippen LogP) is 2.82. The number of furan rings is 1. The maximum atomic E-state index is 13.1. The second-order valence-corrected chi connectivity index (χ2v) is 8.69. The van der Waals surface area contributed by atoms with Crippen LogP contribution in [0.2, 0.25) is 0 Å². The molecule has 26 heavy (non-hydrogen) atoms. The van der Waals surface area contributed by atoms with E-state index < -0.39 is 9.84 Å². The Labute approximate surface area is 153 Å². The number of aryl methyl sites for hydroxylation is 1.